The van der Waals surface area contributed by atoms with E-state index in [9.17, 15) is 4.79 Å². The Morgan fingerprint density at radius 3 is 3.19 bits per heavy atom. The lowest BCUT2D eigenvalue weighted by Gasteiger charge is -2.40. The van der Waals surface area contributed by atoms with Crippen molar-refractivity contribution >= 4 is 28.8 Å². The number of halogens is 1. The van der Waals surface area contributed by atoms with Crippen LogP contribution in [0.4, 0.5) is 0 Å². The summed E-state index contributed by atoms with van der Waals surface area (Å²) in [6.07, 6.45) is 2.64. The van der Waals surface area contributed by atoms with Gasteiger partial charge in [-0.25, -0.2) is 4.68 Å². The minimum atomic E-state index is 0.0255. The first-order chi connectivity index (χ1) is 10.2. The molecule has 0 saturated carbocycles. The number of likely N-dealkylation sites (tertiary alicyclic amines) is 1. The molecule has 0 unspecified atom stereocenters. The molecule has 1 fully saturated rings. The fourth-order valence-electron chi connectivity index (χ4n) is 2.95. The summed E-state index contributed by atoms with van der Waals surface area (Å²) >= 11 is 7.23. The molecule has 0 spiro atoms. The van der Waals surface area contributed by atoms with Crippen molar-refractivity contribution in [2.24, 2.45) is 0 Å². The summed E-state index contributed by atoms with van der Waals surface area (Å²) in [7, 11) is 0. The Bertz CT molecular complexity index is 685. The summed E-state index contributed by atoms with van der Waals surface area (Å²) in [4.78, 5) is 15.1. The summed E-state index contributed by atoms with van der Waals surface area (Å²) in [6.45, 7) is 1.83. The number of carbonyl (C=O) groups is 1. The highest BCUT2D eigenvalue weighted by atomic mass is 35.5. The van der Waals surface area contributed by atoms with Crippen molar-refractivity contribution in [2.75, 3.05) is 13.1 Å². The number of hydrogen-bond donors (Lipinski definition) is 0. The summed E-state index contributed by atoms with van der Waals surface area (Å²) < 4.78 is 8.38. The Morgan fingerprint density at radius 1 is 1.48 bits per heavy atom. The number of aromatic nitrogens is 3. The van der Waals surface area contributed by atoms with E-state index in [1.807, 2.05) is 9.58 Å². The quantitative estimate of drug-likeness (QED) is 0.804. The number of nitrogens with zero attached hydrogens (tertiary/aromatic N) is 4. The fourth-order valence-corrected chi connectivity index (χ4v) is 3.96. The fraction of sp³-hybridized carbons (Fsp3) is 0.462. The number of piperidine rings is 1. The highest BCUT2D eigenvalue weighted by Crippen LogP contribution is 2.31. The summed E-state index contributed by atoms with van der Waals surface area (Å²) in [6, 6.07) is 3.58. The molecule has 0 bridgehead atoms. The minimum absolute atomic E-state index is 0.0255. The molecule has 2 atom stereocenters. The van der Waals surface area contributed by atoms with Gasteiger partial charge in [0.2, 0.25) is 0 Å². The van der Waals surface area contributed by atoms with E-state index < -0.39 is 0 Å². The second-order valence-electron chi connectivity index (χ2n) is 5.23. The van der Waals surface area contributed by atoms with Crippen molar-refractivity contribution in [3.05, 3.63) is 33.2 Å². The van der Waals surface area contributed by atoms with Crippen LogP contribution in [0.1, 0.15) is 27.8 Å². The minimum Gasteiger partial charge on any atom is -0.370 e. The Kier molecular flexibility index (Phi) is 3.20. The van der Waals surface area contributed by atoms with Gasteiger partial charge < -0.3 is 9.64 Å². The molecule has 2 aliphatic heterocycles. The van der Waals surface area contributed by atoms with Gasteiger partial charge in [-0.15, -0.1) is 16.4 Å². The summed E-state index contributed by atoms with van der Waals surface area (Å²) in [5, 5.41) is 8.08. The van der Waals surface area contributed by atoms with Crippen LogP contribution in [-0.4, -0.2) is 45.0 Å². The second-order valence-corrected chi connectivity index (χ2v) is 6.95. The van der Waals surface area contributed by atoms with E-state index in [1.165, 1.54) is 11.3 Å². The molecule has 1 amide bonds. The molecule has 0 aliphatic carbocycles. The first-order valence-electron chi connectivity index (χ1n) is 6.77. The number of fused-ring (bicyclic) bond motifs is 3. The number of thiophene rings is 1. The van der Waals surface area contributed by atoms with Crippen molar-refractivity contribution < 1.29 is 9.53 Å². The van der Waals surface area contributed by atoms with Crippen molar-refractivity contribution in [2.45, 2.75) is 25.2 Å². The highest BCUT2D eigenvalue weighted by molar-refractivity contribution is 7.17. The number of amides is 1. The van der Waals surface area contributed by atoms with Gasteiger partial charge in [-0.3, -0.25) is 4.79 Å². The van der Waals surface area contributed by atoms with Crippen LogP contribution in [-0.2, 0) is 11.3 Å². The average molecular weight is 325 g/mol. The second kappa shape index (κ2) is 5.08. The van der Waals surface area contributed by atoms with Crippen molar-refractivity contribution in [3.8, 4) is 0 Å². The Balaban J connectivity index is 1.57. The normalized spacial score (nSPS) is 24.5. The summed E-state index contributed by atoms with van der Waals surface area (Å²) in [5.41, 5.74) is 0.963. The van der Waals surface area contributed by atoms with Gasteiger partial charge in [0.05, 0.1) is 39.9 Å². The lowest BCUT2D eigenvalue weighted by molar-refractivity contribution is -0.0604. The van der Waals surface area contributed by atoms with Gasteiger partial charge in [0.15, 0.2) is 0 Å². The molecular weight excluding hydrogens is 312 g/mol. The van der Waals surface area contributed by atoms with E-state index in [1.54, 1.807) is 18.3 Å². The first-order valence-corrected chi connectivity index (χ1v) is 7.97. The molecule has 8 heteroatoms. The van der Waals surface area contributed by atoms with Gasteiger partial charge in [-0.1, -0.05) is 16.8 Å². The van der Waals surface area contributed by atoms with Gasteiger partial charge in [-0.2, -0.15) is 0 Å². The van der Waals surface area contributed by atoms with E-state index in [2.05, 4.69) is 10.3 Å². The van der Waals surface area contributed by atoms with E-state index >= 15 is 0 Å². The Morgan fingerprint density at radius 2 is 2.38 bits per heavy atom. The van der Waals surface area contributed by atoms with E-state index in [-0.39, 0.29) is 18.1 Å². The van der Waals surface area contributed by atoms with E-state index in [0.717, 1.165) is 12.1 Å². The standard InChI is InChI=1S/C13H13ClN4O2S/c14-12-2-1-11(21-12)13(19)17-4-3-10-9(6-17)18-8(7-20-10)5-15-16-18/h1-2,5,9-10H,3-4,6-7H2/t9-,10-/m0/s1. The first kappa shape index (κ1) is 13.2. The van der Waals surface area contributed by atoms with Gasteiger partial charge in [0.25, 0.3) is 5.91 Å². The van der Waals surface area contributed by atoms with E-state index in [0.29, 0.717) is 28.9 Å². The zero-order chi connectivity index (χ0) is 14.4. The molecule has 2 aliphatic rings. The molecule has 2 aromatic rings. The van der Waals surface area contributed by atoms with Crippen LogP contribution in [0.2, 0.25) is 4.34 Å². The molecule has 0 N–H and O–H groups in total. The SMILES string of the molecule is O=C(c1ccc(Cl)s1)N1CC[C@@H]2OCc3cnnn3[C@H]2C1. The molecule has 2 aromatic heterocycles. The van der Waals surface area contributed by atoms with E-state index in [4.69, 9.17) is 16.3 Å². The third kappa shape index (κ3) is 2.25. The maximum Gasteiger partial charge on any atom is 0.264 e. The van der Waals surface area contributed by atoms with Crippen LogP contribution >= 0.6 is 22.9 Å². The van der Waals surface area contributed by atoms with Crippen LogP contribution in [0.15, 0.2) is 18.3 Å². The lowest BCUT2D eigenvalue weighted by atomic mass is 10.0. The van der Waals surface area contributed by atoms with Crippen molar-refractivity contribution in [3.63, 3.8) is 0 Å². The lowest BCUT2D eigenvalue weighted by Crippen LogP contribution is -2.49. The number of hydrogen-bond acceptors (Lipinski definition) is 5. The topological polar surface area (TPSA) is 60.3 Å². The Hall–Kier alpha value is -1.44. The van der Waals surface area contributed by atoms with Gasteiger partial charge in [0, 0.05) is 13.1 Å². The molecule has 4 rings (SSSR count). The molecule has 0 radical (unpaired) electrons. The maximum atomic E-state index is 12.5. The van der Waals surface area contributed by atoms with Gasteiger partial charge in [-0.05, 0) is 18.6 Å². The molecular formula is C13H13ClN4O2S. The molecule has 1 saturated heterocycles. The largest absolute Gasteiger partial charge is 0.370 e. The van der Waals surface area contributed by atoms with Gasteiger partial charge in [0.1, 0.15) is 0 Å². The van der Waals surface area contributed by atoms with Crippen LogP contribution in [0.25, 0.3) is 0 Å². The molecule has 21 heavy (non-hydrogen) atoms. The third-order valence-electron chi connectivity index (χ3n) is 4.00. The molecule has 4 heterocycles. The smallest absolute Gasteiger partial charge is 0.264 e. The monoisotopic (exact) mass is 324 g/mol. The van der Waals surface area contributed by atoms with Gasteiger partial charge >= 0.3 is 0 Å². The average Bonchev–Trinajstić information content (AvgIpc) is 3.14. The van der Waals surface area contributed by atoms with Crippen molar-refractivity contribution in [1.82, 2.24) is 19.9 Å². The highest BCUT2D eigenvalue weighted by Gasteiger charge is 2.38. The zero-order valence-corrected chi connectivity index (χ0v) is 12.7. The van der Waals surface area contributed by atoms with Crippen LogP contribution < -0.4 is 0 Å². The number of ether oxygens (including phenoxy) is 1. The maximum absolute atomic E-state index is 12.5. The zero-order valence-electron chi connectivity index (χ0n) is 11.1. The Labute approximate surface area is 130 Å². The molecule has 6 nitrogen and oxygen atoms in total. The predicted octanol–water partition coefficient (Wildman–Crippen LogP) is 1.98. The number of carbonyl (C=O) groups excluding carboxylic acids is 1. The van der Waals surface area contributed by atoms with Crippen LogP contribution in [0.5, 0.6) is 0 Å². The van der Waals surface area contributed by atoms with Crippen molar-refractivity contribution in [1.29, 1.82) is 0 Å². The summed E-state index contributed by atoms with van der Waals surface area (Å²) in [5.74, 6) is 0.0255. The number of rotatable bonds is 1. The third-order valence-corrected chi connectivity index (χ3v) is 5.22. The van der Waals surface area contributed by atoms with Crippen LogP contribution in [0, 0.1) is 0 Å². The molecule has 0 aromatic carbocycles. The van der Waals surface area contributed by atoms with Crippen LogP contribution in [0.3, 0.4) is 0 Å². The molecule has 110 valence electrons. The predicted molar refractivity (Wildman–Crippen MR) is 77.5 cm³/mol.